The molecule has 9 heteroatoms. The van der Waals surface area contributed by atoms with Crippen molar-refractivity contribution in [1.29, 1.82) is 0 Å². The van der Waals surface area contributed by atoms with E-state index in [4.69, 9.17) is 9.47 Å². The Hall–Kier alpha value is -2.71. The Morgan fingerprint density at radius 1 is 1.35 bits per heavy atom. The highest BCUT2D eigenvalue weighted by molar-refractivity contribution is 5.92. The van der Waals surface area contributed by atoms with Crippen LogP contribution in [0.3, 0.4) is 0 Å². The van der Waals surface area contributed by atoms with Gasteiger partial charge in [-0.15, -0.1) is 5.10 Å². The number of ether oxygens (including phenoxy) is 2. The first-order valence-electron chi connectivity index (χ1n) is 7.34. The summed E-state index contributed by atoms with van der Waals surface area (Å²) >= 11 is 0. The summed E-state index contributed by atoms with van der Waals surface area (Å²) in [4.78, 5) is 22.3. The lowest BCUT2D eigenvalue weighted by molar-refractivity contribution is 0.0520. The molecule has 3 heterocycles. The van der Waals surface area contributed by atoms with E-state index in [2.05, 4.69) is 20.3 Å². The van der Waals surface area contributed by atoms with E-state index >= 15 is 0 Å². The van der Waals surface area contributed by atoms with E-state index in [9.17, 15) is 4.79 Å². The van der Waals surface area contributed by atoms with Crippen molar-refractivity contribution in [2.45, 2.75) is 18.9 Å². The zero-order valence-corrected chi connectivity index (χ0v) is 13.0. The van der Waals surface area contributed by atoms with Gasteiger partial charge in [-0.2, -0.15) is 4.98 Å². The number of piperidine rings is 1. The summed E-state index contributed by atoms with van der Waals surface area (Å²) in [5.74, 6) is 0.650. The predicted molar refractivity (Wildman–Crippen MR) is 79.1 cm³/mol. The second kappa shape index (κ2) is 6.59. The molecule has 0 aliphatic carbocycles. The van der Waals surface area contributed by atoms with Crippen LogP contribution in [-0.4, -0.2) is 62.1 Å². The molecule has 0 saturated carbocycles. The third-order valence-corrected chi connectivity index (χ3v) is 3.57. The molecular weight excluding hydrogens is 300 g/mol. The number of carbonyl (C=O) groups is 1. The number of aromatic nitrogens is 5. The van der Waals surface area contributed by atoms with Gasteiger partial charge in [-0.1, -0.05) is 5.21 Å². The van der Waals surface area contributed by atoms with Crippen molar-refractivity contribution in [1.82, 2.24) is 29.9 Å². The minimum atomic E-state index is -0.136. The molecule has 9 nitrogen and oxygen atoms in total. The van der Waals surface area contributed by atoms with Gasteiger partial charge in [-0.25, -0.2) is 0 Å². The average Bonchev–Trinajstić information content (AvgIpc) is 3.01. The molecule has 0 N–H and O–H groups in total. The topological polar surface area (TPSA) is 95.3 Å². The van der Waals surface area contributed by atoms with Gasteiger partial charge in [0.2, 0.25) is 11.8 Å². The molecule has 1 aliphatic rings. The highest BCUT2D eigenvalue weighted by atomic mass is 16.5. The minimum absolute atomic E-state index is 0.134. The van der Waals surface area contributed by atoms with Gasteiger partial charge in [-0.05, 0) is 12.8 Å². The average molecular weight is 318 g/mol. The maximum atomic E-state index is 12.4. The monoisotopic (exact) mass is 318 g/mol. The summed E-state index contributed by atoms with van der Waals surface area (Å²) < 4.78 is 12.4. The maximum Gasteiger partial charge on any atom is 0.276 e. The van der Waals surface area contributed by atoms with Crippen LogP contribution in [0.2, 0.25) is 0 Å². The fourth-order valence-electron chi connectivity index (χ4n) is 2.48. The lowest BCUT2D eigenvalue weighted by Gasteiger charge is -2.32. The van der Waals surface area contributed by atoms with Gasteiger partial charge >= 0.3 is 0 Å². The second-order valence-electron chi connectivity index (χ2n) is 5.31. The first-order chi connectivity index (χ1) is 11.2. The van der Waals surface area contributed by atoms with Crippen LogP contribution >= 0.6 is 0 Å². The minimum Gasteiger partial charge on any atom is -0.480 e. The zero-order valence-electron chi connectivity index (χ0n) is 13.0. The lowest BCUT2D eigenvalue weighted by atomic mass is 10.1. The molecule has 1 amide bonds. The first-order valence-corrected chi connectivity index (χ1v) is 7.34. The first kappa shape index (κ1) is 15.2. The Balaban J connectivity index is 1.64. The summed E-state index contributed by atoms with van der Waals surface area (Å²) in [6.07, 6.45) is 6.23. The third-order valence-electron chi connectivity index (χ3n) is 3.57. The molecule has 2 aromatic rings. The SMILES string of the molecule is COc1cncc(OC2CCCN(C(=O)c3cn(C)nn3)C2)n1. The molecule has 23 heavy (non-hydrogen) atoms. The fraction of sp³-hybridized carbons (Fsp3) is 0.500. The Labute approximate surface area is 133 Å². The van der Waals surface area contributed by atoms with Gasteiger partial charge in [0.25, 0.3) is 5.91 Å². The van der Waals surface area contributed by atoms with E-state index in [0.717, 1.165) is 12.8 Å². The third kappa shape index (κ3) is 3.55. The van der Waals surface area contributed by atoms with Crippen LogP contribution in [0.25, 0.3) is 0 Å². The Bertz CT molecular complexity index is 689. The van der Waals surface area contributed by atoms with Crippen LogP contribution in [0.1, 0.15) is 23.3 Å². The number of nitrogens with zero attached hydrogens (tertiary/aromatic N) is 6. The van der Waals surface area contributed by atoms with Crippen molar-refractivity contribution < 1.29 is 14.3 Å². The van der Waals surface area contributed by atoms with Gasteiger partial charge in [0.05, 0.1) is 32.2 Å². The molecule has 0 spiro atoms. The van der Waals surface area contributed by atoms with Crippen LogP contribution in [-0.2, 0) is 7.05 Å². The molecule has 0 bridgehead atoms. The highest BCUT2D eigenvalue weighted by Crippen LogP contribution is 2.19. The number of rotatable bonds is 4. The van der Waals surface area contributed by atoms with E-state index in [1.807, 2.05) is 0 Å². The van der Waals surface area contributed by atoms with Crippen LogP contribution in [0, 0.1) is 0 Å². The normalized spacial score (nSPS) is 17.8. The van der Waals surface area contributed by atoms with Crippen molar-refractivity contribution in [3.8, 4) is 11.8 Å². The molecule has 1 unspecified atom stereocenters. The Morgan fingerprint density at radius 2 is 2.17 bits per heavy atom. The molecule has 0 radical (unpaired) electrons. The van der Waals surface area contributed by atoms with Crippen molar-refractivity contribution in [3.63, 3.8) is 0 Å². The predicted octanol–water partition coefficient (Wildman–Crippen LogP) is 0.297. The van der Waals surface area contributed by atoms with Crippen molar-refractivity contribution in [2.75, 3.05) is 20.2 Å². The van der Waals surface area contributed by atoms with Crippen LogP contribution in [0.15, 0.2) is 18.6 Å². The van der Waals surface area contributed by atoms with Crippen molar-refractivity contribution >= 4 is 5.91 Å². The van der Waals surface area contributed by atoms with Gasteiger partial charge in [0.15, 0.2) is 5.69 Å². The number of likely N-dealkylation sites (tertiary alicyclic amines) is 1. The molecule has 2 aromatic heterocycles. The lowest BCUT2D eigenvalue weighted by Crippen LogP contribution is -2.44. The highest BCUT2D eigenvalue weighted by Gasteiger charge is 2.27. The Kier molecular flexibility index (Phi) is 4.35. The standard InChI is InChI=1S/C14H18N6O3/c1-19-9-11(17-18-19)14(21)20-5-3-4-10(8-20)23-13-7-15-6-12(16-13)22-2/h6-7,9-10H,3-5,8H2,1-2H3. The van der Waals surface area contributed by atoms with E-state index in [1.165, 1.54) is 24.2 Å². The fourth-order valence-corrected chi connectivity index (χ4v) is 2.48. The van der Waals surface area contributed by atoms with Gasteiger partial charge < -0.3 is 14.4 Å². The Morgan fingerprint density at radius 3 is 2.91 bits per heavy atom. The van der Waals surface area contributed by atoms with Crippen LogP contribution < -0.4 is 9.47 Å². The number of hydrogen-bond acceptors (Lipinski definition) is 7. The van der Waals surface area contributed by atoms with Gasteiger partial charge in [0, 0.05) is 13.6 Å². The van der Waals surface area contributed by atoms with Crippen LogP contribution in [0.5, 0.6) is 11.8 Å². The summed E-state index contributed by atoms with van der Waals surface area (Å²) in [5.41, 5.74) is 0.342. The number of methoxy groups -OCH3 is 1. The summed E-state index contributed by atoms with van der Waals surface area (Å²) in [6, 6.07) is 0. The quantitative estimate of drug-likeness (QED) is 0.800. The molecule has 1 aliphatic heterocycles. The van der Waals surface area contributed by atoms with E-state index in [0.29, 0.717) is 30.5 Å². The van der Waals surface area contributed by atoms with E-state index in [-0.39, 0.29) is 12.0 Å². The van der Waals surface area contributed by atoms with Crippen LogP contribution in [0.4, 0.5) is 0 Å². The molecular formula is C14H18N6O3. The zero-order chi connectivity index (χ0) is 16.2. The summed E-state index contributed by atoms with van der Waals surface area (Å²) in [5, 5.41) is 7.66. The summed E-state index contributed by atoms with van der Waals surface area (Å²) in [7, 11) is 3.25. The van der Waals surface area contributed by atoms with Crippen molar-refractivity contribution in [3.05, 3.63) is 24.3 Å². The molecule has 122 valence electrons. The number of amides is 1. The van der Waals surface area contributed by atoms with Crippen molar-refractivity contribution in [2.24, 2.45) is 7.05 Å². The number of carbonyl (C=O) groups excluding carboxylic acids is 1. The number of hydrogen-bond donors (Lipinski definition) is 0. The second-order valence-corrected chi connectivity index (χ2v) is 5.31. The molecule has 1 fully saturated rings. The molecule has 3 rings (SSSR count). The molecule has 1 saturated heterocycles. The largest absolute Gasteiger partial charge is 0.480 e. The molecule has 0 aromatic carbocycles. The smallest absolute Gasteiger partial charge is 0.276 e. The van der Waals surface area contributed by atoms with Gasteiger partial charge in [0.1, 0.15) is 6.10 Å². The summed E-state index contributed by atoms with van der Waals surface area (Å²) in [6.45, 7) is 1.16. The maximum absolute atomic E-state index is 12.4. The van der Waals surface area contributed by atoms with Gasteiger partial charge in [-0.3, -0.25) is 14.5 Å². The number of aryl methyl sites for hydroxylation is 1. The van der Waals surface area contributed by atoms with E-state index in [1.54, 1.807) is 18.1 Å². The molecule has 1 atom stereocenters. The van der Waals surface area contributed by atoms with E-state index < -0.39 is 0 Å².